The van der Waals surface area contributed by atoms with E-state index in [-0.39, 0.29) is 29.1 Å². The van der Waals surface area contributed by atoms with Gasteiger partial charge in [0.25, 0.3) is 5.69 Å². The lowest BCUT2D eigenvalue weighted by Gasteiger charge is -2.29. The number of nitro groups is 1. The number of rotatable bonds is 4. The van der Waals surface area contributed by atoms with Crippen molar-refractivity contribution >= 4 is 34.8 Å². The van der Waals surface area contributed by atoms with E-state index in [1.165, 1.54) is 48.5 Å². The molecule has 0 bridgehead atoms. The Labute approximate surface area is 208 Å². The number of hydrogen-bond donors (Lipinski definition) is 3. The number of carbonyl (C=O) groups excluding carboxylic acids is 3. The topological polar surface area (TPSA) is 142 Å². The quantitative estimate of drug-likeness (QED) is 0.283. The van der Waals surface area contributed by atoms with Gasteiger partial charge >= 0.3 is 0 Å². The van der Waals surface area contributed by atoms with Crippen molar-refractivity contribution in [3.8, 4) is 5.75 Å². The van der Waals surface area contributed by atoms with Gasteiger partial charge in [-0.3, -0.25) is 29.8 Å². The Morgan fingerprint density at radius 3 is 2.51 bits per heavy atom. The second-order valence-corrected chi connectivity index (χ2v) is 9.37. The molecular weight excluding hydrogens is 483 g/mol. The van der Waals surface area contributed by atoms with Gasteiger partial charge in [-0.25, -0.2) is 9.29 Å². The smallest absolute Gasteiger partial charge is 0.271 e. The van der Waals surface area contributed by atoms with Gasteiger partial charge in [-0.1, -0.05) is 18.2 Å². The Hall–Kier alpha value is -4.64. The second-order valence-electron chi connectivity index (χ2n) is 9.37. The van der Waals surface area contributed by atoms with Crippen LogP contribution >= 0.6 is 0 Å². The van der Waals surface area contributed by atoms with Gasteiger partial charge in [0.1, 0.15) is 17.1 Å². The van der Waals surface area contributed by atoms with Crippen molar-refractivity contribution in [2.24, 2.45) is 11.8 Å². The number of carbonyl (C=O) groups is 3. The summed E-state index contributed by atoms with van der Waals surface area (Å²) in [7, 11) is 0. The number of nitro benzene ring substituents is 1. The van der Waals surface area contributed by atoms with E-state index in [1.807, 2.05) is 0 Å². The molecule has 0 radical (unpaired) electrons. The molecule has 2 saturated heterocycles. The Morgan fingerprint density at radius 2 is 1.78 bits per heavy atom. The molecule has 0 unspecified atom stereocenters. The number of benzene rings is 3. The highest BCUT2D eigenvalue weighted by molar-refractivity contribution is 6.25. The first-order chi connectivity index (χ1) is 17.7. The van der Waals surface area contributed by atoms with Gasteiger partial charge in [-0.2, -0.15) is 0 Å². The lowest BCUT2D eigenvalue weighted by Crippen LogP contribution is -2.53. The number of fused-ring (bicyclic) bond motifs is 4. The predicted molar refractivity (Wildman–Crippen MR) is 128 cm³/mol. The number of aromatic hydroxyl groups is 1. The summed E-state index contributed by atoms with van der Waals surface area (Å²) in [6.45, 7) is 0. The maximum atomic E-state index is 14.4. The number of anilines is 2. The summed E-state index contributed by atoms with van der Waals surface area (Å²) < 4.78 is 14.4. The third kappa shape index (κ3) is 3.24. The summed E-state index contributed by atoms with van der Waals surface area (Å²) >= 11 is 0. The minimum absolute atomic E-state index is 0.0232. The summed E-state index contributed by atoms with van der Waals surface area (Å²) in [6.07, 6.45) is 0.225. The van der Waals surface area contributed by atoms with E-state index in [9.17, 15) is 34.0 Å². The molecule has 1 spiro atoms. The molecule has 10 nitrogen and oxygen atoms in total. The molecule has 6 rings (SSSR count). The molecule has 11 heteroatoms. The number of phenols is 1. The first-order valence-corrected chi connectivity index (χ1v) is 11.5. The number of nitrogens with zero attached hydrogens (tertiary/aromatic N) is 2. The van der Waals surface area contributed by atoms with E-state index in [4.69, 9.17) is 0 Å². The van der Waals surface area contributed by atoms with Crippen LogP contribution in [0, 0.1) is 27.8 Å². The van der Waals surface area contributed by atoms with Gasteiger partial charge < -0.3 is 10.4 Å². The highest BCUT2D eigenvalue weighted by atomic mass is 19.1. The largest absolute Gasteiger partial charge is 0.508 e. The van der Waals surface area contributed by atoms with Crippen molar-refractivity contribution < 1.29 is 28.8 Å². The van der Waals surface area contributed by atoms with Crippen molar-refractivity contribution in [2.45, 2.75) is 18.0 Å². The number of imide groups is 1. The summed E-state index contributed by atoms with van der Waals surface area (Å²) in [5.74, 6) is -4.68. The summed E-state index contributed by atoms with van der Waals surface area (Å²) in [5.41, 5.74) is -0.700. The van der Waals surface area contributed by atoms with Crippen LogP contribution in [0.25, 0.3) is 0 Å². The Morgan fingerprint density at radius 1 is 1.03 bits per heavy atom. The first kappa shape index (κ1) is 22.8. The Balaban J connectivity index is 1.49. The number of amides is 3. The molecule has 3 heterocycles. The number of halogens is 1. The lowest BCUT2D eigenvalue weighted by atomic mass is 9.76. The zero-order valence-electron chi connectivity index (χ0n) is 19.1. The summed E-state index contributed by atoms with van der Waals surface area (Å²) in [4.78, 5) is 52.8. The molecule has 4 atom stereocenters. The molecule has 3 amide bonds. The molecule has 0 aromatic heterocycles. The molecule has 3 aliphatic heterocycles. The van der Waals surface area contributed by atoms with Gasteiger partial charge in [0, 0.05) is 29.4 Å². The van der Waals surface area contributed by atoms with Crippen LogP contribution in [0.2, 0.25) is 0 Å². The minimum Gasteiger partial charge on any atom is -0.508 e. The average molecular weight is 502 g/mol. The number of nitrogens with one attached hydrogen (secondary N) is 2. The van der Waals surface area contributed by atoms with Crippen molar-refractivity contribution in [1.82, 2.24) is 5.32 Å². The third-order valence-corrected chi connectivity index (χ3v) is 7.37. The lowest BCUT2D eigenvalue weighted by molar-refractivity contribution is -0.384. The Bertz CT molecular complexity index is 1510. The number of hydrogen-bond acceptors (Lipinski definition) is 7. The highest BCUT2D eigenvalue weighted by Crippen LogP contribution is 2.54. The zero-order valence-corrected chi connectivity index (χ0v) is 19.1. The Kier molecular flexibility index (Phi) is 4.89. The van der Waals surface area contributed by atoms with Gasteiger partial charge in [-0.05, 0) is 48.4 Å². The number of phenolic OH excluding ortho intramolecular Hbond substituents is 1. The van der Waals surface area contributed by atoms with Crippen LogP contribution < -0.4 is 15.5 Å². The molecule has 0 aliphatic carbocycles. The fourth-order valence-electron chi connectivity index (χ4n) is 5.84. The second kappa shape index (κ2) is 7.93. The van der Waals surface area contributed by atoms with Gasteiger partial charge in [-0.15, -0.1) is 0 Å². The van der Waals surface area contributed by atoms with Crippen LogP contribution in [-0.4, -0.2) is 33.8 Å². The molecule has 3 aliphatic rings. The van der Waals surface area contributed by atoms with Crippen LogP contribution in [0.4, 0.5) is 21.5 Å². The zero-order chi connectivity index (χ0) is 26.1. The molecule has 0 saturated carbocycles. The van der Waals surface area contributed by atoms with E-state index in [0.717, 1.165) is 16.5 Å². The van der Waals surface area contributed by atoms with Gasteiger partial charge in [0.15, 0.2) is 0 Å². The van der Waals surface area contributed by atoms with Crippen LogP contribution in [-0.2, 0) is 26.3 Å². The van der Waals surface area contributed by atoms with E-state index < -0.39 is 51.9 Å². The molecule has 3 N–H and O–H groups in total. The van der Waals surface area contributed by atoms with E-state index >= 15 is 0 Å². The van der Waals surface area contributed by atoms with Crippen molar-refractivity contribution in [2.75, 3.05) is 10.2 Å². The van der Waals surface area contributed by atoms with Crippen LogP contribution in [0.3, 0.4) is 0 Å². The highest BCUT2D eigenvalue weighted by Gasteiger charge is 2.70. The van der Waals surface area contributed by atoms with Crippen molar-refractivity contribution in [1.29, 1.82) is 0 Å². The molecule has 3 aromatic rings. The third-order valence-electron chi connectivity index (χ3n) is 7.37. The molecule has 37 heavy (non-hydrogen) atoms. The monoisotopic (exact) mass is 502 g/mol. The van der Waals surface area contributed by atoms with Crippen molar-refractivity contribution in [3.05, 3.63) is 93.8 Å². The minimum atomic E-state index is -1.72. The van der Waals surface area contributed by atoms with Crippen LogP contribution in [0.5, 0.6) is 5.75 Å². The van der Waals surface area contributed by atoms with Gasteiger partial charge in [0.2, 0.25) is 17.7 Å². The average Bonchev–Trinajstić information content (AvgIpc) is 3.45. The van der Waals surface area contributed by atoms with Crippen molar-refractivity contribution in [3.63, 3.8) is 0 Å². The summed E-state index contributed by atoms with van der Waals surface area (Å²) in [6, 6.07) is 14.5. The maximum absolute atomic E-state index is 14.4. The first-order valence-electron chi connectivity index (χ1n) is 11.5. The molecule has 2 fully saturated rings. The normalized spacial score (nSPS) is 25.9. The maximum Gasteiger partial charge on any atom is 0.271 e. The number of non-ortho nitro benzene ring substituents is 1. The summed E-state index contributed by atoms with van der Waals surface area (Å²) in [5, 5.41) is 26.9. The predicted octanol–water partition coefficient (Wildman–Crippen LogP) is 2.61. The standard InChI is InChI=1S/C26H19FN4O6/c27-14-6-9-19-18(11-14)26(25(35)28-19)22-21(20(29-26)10-13-4-7-17(32)8-5-13)23(33)30(24(22)34)15-2-1-3-16(12-15)31(36)37/h1-9,11-12,20-22,29,32H,10H2,(H,28,35)/t20-,21+,22+,26-/m0/s1. The fourth-order valence-corrected chi connectivity index (χ4v) is 5.84. The van der Waals surface area contributed by atoms with Crippen LogP contribution in [0.15, 0.2) is 66.7 Å². The van der Waals surface area contributed by atoms with Gasteiger partial charge in [0.05, 0.1) is 22.4 Å². The SMILES string of the molecule is O=C1[C@@H]2[C@H](Cc3ccc(O)cc3)N[C@]3(C(=O)Nc4ccc(F)cc43)[C@H]2C(=O)N1c1cccc([N+](=O)[O-])c1. The van der Waals surface area contributed by atoms with E-state index in [0.29, 0.717) is 5.69 Å². The molecule has 186 valence electrons. The van der Waals surface area contributed by atoms with E-state index in [2.05, 4.69) is 10.6 Å². The van der Waals surface area contributed by atoms with Crippen LogP contribution in [0.1, 0.15) is 11.1 Å². The fraction of sp³-hybridized carbons (Fsp3) is 0.192. The molecule has 3 aromatic carbocycles. The van der Waals surface area contributed by atoms with E-state index in [1.54, 1.807) is 12.1 Å². The molecular formula is C26H19FN4O6.